The number of unbranched alkanes of at least 4 members (excludes halogenated alkanes) is 2. The van der Waals surface area contributed by atoms with Crippen LogP contribution in [0.3, 0.4) is 0 Å². The minimum Gasteiger partial charge on any atom is -0.491 e. The third-order valence-corrected chi connectivity index (χ3v) is 4.09. The number of carbonyl (C=O) groups is 2. The van der Waals surface area contributed by atoms with Crippen molar-refractivity contribution in [2.24, 2.45) is 5.92 Å². The summed E-state index contributed by atoms with van der Waals surface area (Å²) in [5.74, 6) is 0.0262. The number of ether oxygens (including phenoxy) is 2. The normalized spacial score (nSPS) is 12.2. The van der Waals surface area contributed by atoms with Gasteiger partial charge >= 0.3 is 5.97 Å². The molecule has 0 aliphatic heterocycles. The van der Waals surface area contributed by atoms with Gasteiger partial charge in [-0.05, 0) is 44.0 Å². The summed E-state index contributed by atoms with van der Waals surface area (Å²) >= 11 is 0. The Kier molecular flexibility index (Phi) is 10.2. The van der Waals surface area contributed by atoms with E-state index in [9.17, 15) is 9.59 Å². The summed E-state index contributed by atoms with van der Waals surface area (Å²) in [7, 11) is 1.37. The molecule has 1 unspecified atom stereocenters. The van der Waals surface area contributed by atoms with E-state index in [1.54, 1.807) is 24.0 Å². The number of hydrogen-bond acceptors (Lipinski definition) is 4. The highest BCUT2D eigenvalue weighted by Crippen LogP contribution is 2.16. The molecule has 5 nitrogen and oxygen atoms in total. The lowest BCUT2D eigenvalue weighted by Gasteiger charge is -2.24. The van der Waals surface area contributed by atoms with Crippen LogP contribution >= 0.6 is 0 Å². The molecule has 0 N–H and O–H groups in total. The van der Waals surface area contributed by atoms with Crippen molar-refractivity contribution < 1.29 is 19.1 Å². The van der Waals surface area contributed by atoms with Gasteiger partial charge in [-0.25, -0.2) is 0 Å². The Balaban J connectivity index is 2.81. The minimum atomic E-state index is -0.350. The van der Waals surface area contributed by atoms with Crippen molar-refractivity contribution in [2.75, 3.05) is 20.2 Å². The highest BCUT2D eigenvalue weighted by molar-refractivity contribution is 5.92. The molecule has 1 aromatic rings. The van der Waals surface area contributed by atoms with Crippen LogP contribution in [-0.4, -0.2) is 43.1 Å². The fraction of sp³-hybridized carbons (Fsp3) is 0.545. The van der Waals surface area contributed by atoms with E-state index < -0.39 is 0 Å². The van der Waals surface area contributed by atoms with Gasteiger partial charge in [0.1, 0.15) is 5.75 Å². The molecule has 1 amide bonds. The van der Waals surface area contributed by atoms with Crippen molar-refractivity contribution in [3.63, 3.8) is 0 Å². The van der Waals surface area contributed by atoms with E-state index in [4.69, 9.17) is 9.47 Å². The summed E-state index contributed by atoms with van der Waals surface area (Å²) in [5.41, 5.74) is 0.899. The van der Waals surface area contributed by atoms with Crippen LogP contribution in [0.25, 0.3) is 6.08 Å². The van der Waals surface area contributed by atoms with Crippen LogP contribution in [0, 0.1) is 5.92 Å². The maximum Gasteiger partial charge on any atom is 0.310 e. The maximum absolute atomic E-state index is 12.7. The van der Waals surface area contributed by atoms with E-state index in [1.165, 1.54) is 7.11 Å². The van der Waals surface area contributed by atoms with Gasteiger partial charge in [0.2, 0.25) is 5.91 Å². The Hall–Kier alpha value is -2.30. The zero-order valence-electron chi connectivity index (χ0n) is 17.2. The Labute approximate surface area is 163 Å². The molecule has 1 rings (SSSR count). The van der Waals surface area contributed by atoms with E-state index in [-0.39, 0.29) is 23.9 Å². The molecule has 150 valence electrons. The quantitative estimate of drug-likeness (QED) is 0.328. The van der Waals surface area contributed by atoms with Crippen molar-refractivity contribution in [1.29, 1.82) is 0 Å². The molecule has 0 saturated heterocycles. The number of esters is 1. The number of benzene rings is 1. The smallest absolute Gasteiger partial charge is 0.310 e. The molecule has 1 atom stereocenters. The molecule has 0 aliphatic carbocycles. The minimum absolute atomic E-state index is 0.0970. The van der Waals surface area contributed by atoms with Crippen molar-refractivity contribution in [3.05, 3.63) is 35.9 Å². The van der Waals surface area contributed by atoms with Gasteiger partial charge in [0, 0.05) is 19.2 Å². The van der Waals surface area contributed by atoms with E-state index in [0.29, 0.717) is 13.1 Å². The number of amides is 1. The first-order valence-electron chi connectivity index (χ1n) is 9.68. The van der Waals surface area contributed by atoms with E-state index >= 15 is 0 Å². The summed E-state index contributed by atoms with van der Waals surface area (Å²) in [6, 6.07) is 7.63. The molecule has 0 radical (unpaired) electrons. The van der Waals surface area contributed by atoms with Crippen molar-refractivity contribution >= 4 is 18.0 Å². The molecule has 0 heterocycles. The van der Waals surface area contributed by atoms with Gasteiger partial charge in [0.25, 0.3) is 0 Å². The second-order valence-electron chi connectivity index (χ2n) is 6.99. The first-order chi connectivity index (χ1) is 12.9. The number of carbonyl (C=O) groups excluding carboxylic acids is 2. The SMILES string of the molecule is CCCCCN(CC(C)C(=O)OC)C(=O)/C=C/c1cccc(OC(C)C)c1. The van der Waals surface area contributed by atoms with Gasteiger partial charge < -0.3 is 14.4 Å². The van der Waals surface area contributed by atoms with Crippen LogP contribution in [-0.2, 0) is 14.3 Å². The standard InChI is InChI=1S/C22H33NO4/c1-6-7-8-14-23(16-18(4)22(25)26-5)21(24)13-12-19-10-9-11-20(15-19)27-17(2)3/h9-13,15,17-18H,6-8,14,16H2,1-5H3/b13-12+. The number of methoxy groups -OCH3 is 1. The second-order valence-corrected chi connectivity index (χ2v) is 6.99. The molecule has 0 aromatic heterocycles. The van der Waals surface area contributed by atoms with Gasteiger partial charge in [-0.1, -0.05) is 38.8 Å². The lowest BCUT2D eigenvalue weighted by atomic mass is 10.1. The van der Waals surface area contributed by atoms with Crippen molar-refractivity contribution in [1.82, 2.24) is 4.90 Å². The van der Waals surface area contributed by atoms with Gasteiger partial charge in [0.15, 0.2) is 0 Å². The van der Waals surface area contributed by atoms with Gasteiger partial charge in [-0.15, -0.1) is 0 Å². The van der Waals surface area contributed by atoms with Crippen LogP contribution in [0.4, 0.5) is 0 Å². The summed E-state index contributed by atoms with van der Waals surface area (Å²) in [6.07, 6.45) is 6.48. The van der Waals surface area contributed by atoms with E-state index in [2.05, 4.69) is 6.92 Å². The average molecular weight is 376 g/mol. The van der Waals surface area contributed by atoms with Gasteiger partial charge in [-0.2, -0.15) is 0 Å². The molecule has 0 saturated carbocycles. The van der Waals surface area contributed by atoms with Crippen LogP contribution in [0.1, 0.15) is 52.5 Å². The Morgan fingerprint density at radius 2 is 1.93 bits per heavy atom. The van der Waals surface area contributed by atoms with Crippen LogP contribution in [0.15, 0.2) is 30.3 Å². The van der Waals surface area contributed by atoms with E-state index in [1.807, 2.05) is 38.1 Å². The maximum atomic E-state index is 12.7. The van der Waals surface area contributed by atoms with E-state index in [0.717, 1.165) is 30.6 Å². The molecular weight excluding hydrogens is 342 g/mol. The first kappa shape index (κ1) is 22.7. The first-order valence-corrected chi connectivity index (χ1v) is 9.68. The highest BCUT2D eigenvalue weighted by atomic mass is 16.5. The molecule has 27 heavy (non-hydrogen) atoms. The zero-order valence-corrected chi connectivity index (χ0v) is 17.2. The fourth-order valence-corrected chi connectivity index (χ4v) is 2.69. The van der Waals surface area contributed by atoms with Crippen molar-refractivity contribution in [2.45, 2.75) is 53.1 Å². The fourth-order valence-electron chi connectivity index (χ4n) is 2.69. The number of nitrogens with zero attached hydrogens (tertiary/aromatic N) is 1. The zero-order chi connectivity index (χ0) is 20.2. The Morgan fingerprint density at radius 3 is 2.56 bits per heavy atom. The summed E-state index contributed by atoms with van der Waals surface area (Å²) in [4.78, 5) is 26.1. The lowest BCUT2D eigenvalue weighted by molar-refractivity contribution is -0.146. The monoisotopic (exact) mass is 375 g/mol. The third-order valence-electron chi connectivity index (χ3n) is 4.09. The highest BCUT2D eigenvalue weighted by Gasteiger charge is 2.20. The van der Waals surface area contributed by atoms with Crippen LogP contribution in [0.2, 0.25) is 0 Å². The van der Waals surface area contributed by atoms with Gasteiger partial charge in [0.05, 0.1) is 19.1 Å². The Bertz CT molecular complexity index is 624. The van der Waals surface area contributed by atoms with Crippen LogP contribution in [0.5, 0.6) is 5.75 Å². The molecule has 1 aromatic carbocycles. The Morgan fingerprint density at radius 1 is 1.19 bits per heavy atom. The van der Waals surface area contributed by atoms with Gasteiger partial charge in [-0.3, -0.25) is 9.59 Å². The molecule has 0 aliphatic rings. The topological polar surface area (TPSA) is 55.8 Å². The predicted octanol–water partition coefficient (Wildman–Crippen LogP) is 4.31. The summed E-state index contributed by atoms with van der Waals surface area (Å²) in [6.45, 7) is 8.84. The molecular formula is C22H33NO4. The largest absolute Gasteiger partial charge is 0.491 e. The number of hydrogen-bond donors (Lipinski definition) is 0. The summed E-state index contributed by atoms with van der Waals surface area (Å²) < 4.78 is 10.5. The molecule has 0 bridgehead atoms. The predicted molar refractivity (Wildman–Crippen MR) is 109 cm³/mol. The number of rotatable bonds is 11. The summed E-state index contributed by atoms with van der Waals surface area (Å²) in [5, 5.41) is 0. The molecule has 0 spiro atoms. The third kappa shape index (κ3) is 8.76. The van der Waals surface area contributed by atoms with Crippen LogP contribution < -0.4 is 4.74 Å². The molecule has 0 fully saturated rings. The molecule has 5 heteroatoms. The average Bonchev–Trinajstić information content (AvgIpc) is 2.64. The lowest BCUT2D eigenvalue weighted by Crippen LogP contribution is -2.37. The van der Waals surface area contributed by atoms with Crippen molar-refractivity contribution in [3.8, 4) is 5.75 Å². The second kappa shape index (κ2) is 12.2.